The molecule has 0 aromatic rings. The normalized spacial score (nSPS) is 16.3. The van der Waals surface area contributed by atoms with E-state index in [1.807, 2.05) is 27.7 Å². The Bertz CT molecular complexity index is 414. The summed E-state index contributed by atoms with van der Waals surface area (Å²) in [5.74, 6) is -2.55. The summed E-state index contributed by atoms with van der Waals surface area (Å²) in [6, 6.07) is -2.95. The molecule has 0 aromatic carbocycles. The molecule has 0 heterocycles. The summed E-state index contributed by atoms with van der Waals surface area (Å²) in [6.07, 6.45) is 0.948. The van der Waals surface area contributed by atoms with E-state index in [-0.39, 0.29) is 18.3 Å². The number of hydrogen-bond acceptors (Lipinski definition) is 5. The van der Waals surface area contributed by atoms with E-state index in [0.29, 0.717) is 0 Å². The highest BCUT2D eigenvalue weighted by Crippen LogP contribution is 2.06. The van der Waals surface area contributed by atoms with E-state index >= 15 is 0 Å². The molecular weight excluding hydrogens is 302 g/mol. The number of aliphatic hydroxyl groups is 1. The highest BCUT2D eigenvalue weighted by Gasteiger charge is 2.29. The van der Waals surface area contributed by atoms with E-state index < -0.39 is 42.5 Å². The Labute approximate surface area is 136 Å². The Morgan fingerprint density at radius 3 is 2.00 bits per heavy atom. The second-order valence-corrected chi connectivity index (χ2v) is 6.25. The molecule has 0 fully saturated rings. The number of carbonyl (C=O) groups is 3. The Balaban J connectivity index is 4.79. The molecule has 0 rings (SSSR count). The summed E-state index contributed by atoms with van der Waals surface area (Å²) in [5, 5.41) is 25.0. The van der Waals surface area contributed by atoms with Gasteiger partial charge in [0.1, 0.15) is 6.04 Å². The zero-order valence-corrected chi connectivity index (χ0v) is 14.3. The van der Waals surface area contributed by atoms with Crippen LogP contribution in [-0.2, 0) is 14.4 Å². The van der Waals surface area contributed by atoms with Gasteiger partial charge in [0.15, 0.2) is 6.04 Å². The number of aliphatic carboxylic acids is 1. The first-order valence-electron chi connectivity index (χ1n) is 7.89. The van der Waals surface area contributed by atoms with Crippen LogP contribution >= 0.6 is 0 Å². The maximum Gasteiger partial charge on any atom is 0.279 e. The van der Waals surface area contributed by atoms with Crippen molar-refractivity contribution in [2.75, 3.05) is 6.61 Å². The summed E-state index contributed by atoms with van der Waals surface area (Å²) in [6.45, 7) is 6.77. The minimum atomic E-state index is -1.40. The van der Waals surface area contributed by atoms with E-state index in [9.17, 15) is 24.6 Å². The van der Waals surface area contributed by atoms with Gasteiger partial charge in [0.2, 0.25) is 5.91 Å². The van der Waals surface area contributed by atoms with Crippen LogP contribution in [0.5, 0.6) is 0 Å². The average Bonchev–Trinajstić information content (AvgIpc) is 2.49. The standard InChI is InChI=1S/C15H29N3O5/c1-5-9(4)12(16)14(21)18-11(7-19)13(20)17-10(15(22)23)6-8(2)3/h8-12,19H,5-7,16H2,1-4H3,(H,17,20)(H,18,21)(H,22,23). The van der Waals surface area contributed by atoms with Crippen LogP contribution in [0.15, 0.2) is 0 Å². The molecule has 23 heavy (non-hydrogen) atoms. The predicted octanol–water partition coefficient (Wildman–Crippen LogP) is -2.60. The van der Waals surface area contributed by atoms with Gasteiger partial charge in [0, 0.05) is 5.92 Å². The van der Waals surface area contributed by atoms with Gasteiger partial charge >= 0.3 is 0 Å². The first-order chi connectivity index (χ1) is 10.6. The number of quaternary nitrogens is 1. The molecule has 0 aliphatic rings. The third-order valence-corrected chi connectivity index (χ3v) is 3.79. The summed E-state index contributed by atoms with van der Waals surface area (Å²) in [7, 11) is 0. The van der Waals surface area contributed by atoms with E-state index in [0.717, 1.165) is 6.42 Å². The van der Waals surface area contributed by atoms with Gasteiger partial charge in [-0.05, 0) is 18.8 Å². The van der Waals surface area contributed by atoms with Crippen LogP contribution in [0.3, 0.4) is 0 Å². The maximum atomic E-state index is 12.1. The lowest BCUT2D eigenvalue weighted by Crippen LogP contribution is -2.71. The number of carboxylic acids is 1. The van der Waals surface area contributed by atoms with E-state index in [1.54, 1.807) is 0 Å². The van der Waals surface area contributed by atoms with Crippen molar-refractivity contribution in [3.05, 3.63) is 0 Å². The van der Waals surface area contributed by atoms with Crippen molar-refractivity contribution in [1.82, 2.24) is 10.6 Å². The Kier molecular flexibility index (Phi) is 9.43. The van der Waals surface area contributed by atoms with Crippen molar-refractivity contribution in [1.29, 1.82) is 0 Å². The van der Waals surface area contributed by atoms with Gasteiger partial charge in [0.05, 0.1) is 18.6 Å². The fourth-order valence-electron chi connectivity index (χ4n) is 1.97. The minimum Gasteiger partial charge on any atom is -0.548 e. The third-order valence-electron chi connectivity index (χ3n) is 3.79. The zero-order valence-electron chi connectivity index (χ0n) is 14.3. The predicted molar refractivity (Wildman–Crippen MR) is 81.5 cm³/mol. The average molecular weight is 331 g/mol. The number of hydrogen-bond donors (Lipinski definition) is 4. The number of amides is 2. The smallest absolute Gasteiger partial charge is 0.279 e. The number of carboxylic acid groups (broad SMARTS) is 1. The van der Waals surface area contributed by atoms with Crippen molar-refractivity contribution >= 4 is 17.8 Å². The first kappa shape index (κ1) is 21.3. The van der Waals surface area contributed by atoms with Gasteiger partial charge < -0.3 is 31.4 Å². The fraction of sp³-hybridized carbons (Fsp3) is 0.800. The molecule has 0 aliphatic heterocycles. The van der Waals surface area contributed by atoms with E-state index in [1.165, 1.54) is 0 Å². The molecule has 0 radical (unpaired) electrons. The second kappa shape index (κ2) is 10.2. The summed E-state index contributed by atoms with van der Waals surface area (Å²) in [4.78, 5) is 35.1. The molecule has 8 nitrogen and oxygen atoms in total. The van der Waals surface area contributed by atoms with Crippen molar-refractivity contribution in [2.45, 2.75) is 58.7 Å². The minimum absolute atomic E-state index is 0.0225. The highest BCUT2D eigenvalue weighted by atomic mass is 16.4. The molecular formula is C15H29N3O5. The Hall–Kier alpha value is -1.67. The molecule has 2 amide bonds. The Morgan fingerprint density at radius 1 is 1.09 bits per heavy atom. The summed E-state index contributed by atoms with van der Waals surface area (Å²) < 4.78 is 0. The van der Waals surface area contributed by atoms with Crippen LogP contribution in [0, 0.1) is 11.8 Å². The van der Waals surface area contributed by atoms with Crippen LogP contribution in [0.1, 0.15) is 40.5 Å². The van der Waals surface area contributed by atoms with Crippen molar-refractivity contribution in [3.8, 4) is 0 Å². The van der Waals surface area contributed by atoms with Crippen molar-refractivity contribution in [3.63, 3.8) is 0 Å². The SMILES string of the molecule is CCC(C)C([NH3+])C(=O)NC(CO)C(=O)NC(CC(C)C)C(=O)[O-]. The molecule has 8 heteroatoms. The molecule has 0 bridgehead atoms. The molecule has 0 saturated heterocycles. The van der Waals surface area contributed by atoms with Crippen molar-refractivity contribution in [2.24, 2.45) is 11.8 Å². The quantitative estimate of drug-likeness (QED) is 0.347. The van der Waals surface area contributed by atoms with Crippen LogP contribution in [0.2, 0.25) is 0 Å². The fourth-order valence-corrected chi connectivity index (χ4v) is 1.97. The first-order valence-corrected chi connectivity index (χ1v) is 7.89. The maximum absolute atomic E-state index is 12.1. The molecule has 0 saturated carbocycles. The van der Waals surface area contributed by atoms with Crippen LogP contribution in [-0.4, -0.2) is 47.6 Å². The lowest BCUT2D eigenvalue weighted by atomic mass is 9.99. The van der Waals surface area contributed by atoms with Crippen LogP contribution in [0.4, 0.5) is 0 Å². The topological polar surface area (TPSA) is 146 Å². The van der Waals surface area contributed by atoms with Gasteiger partial charge in [-0.2, -0.15) is 0 Å². The molecule has 4 atom stereocenters. The van der Waals surface area contributed by atoms with Gasteiger partial charge in [-0.3, -0.25) is 9.59 Å². The van der Waals surface area contributed by atoms with Gasteiger partial charge in [-0.1, -0.05) is 27.7 Å². The molecule has 134 valence electrons. The lowest BCUT2D eigenvalue weighted by Gasteiger charge is -2.25. The van der Waals surface area contributed by atoms with Gasteiger partial charge in [-0.15, -0.1) is 0 Å². The largest absolute Gasteiger partial charge is 0.548 e. The lowest BCUT2D eigenvalue weighted by molar-refractivity contribution is -0.415. The number of aliphatic hydroxyl groups excluding tert-OH is 1. The third kappa shape index (κ3) is 7.43. The monoisotopic (exact) mass is 331 g/mol. The summed E-state index contributed by atoms with van der Waals surface area (Å²) >= 11 is 0. The second-order valence-electron chi connectivity index (χ2n) is 6.25. The molecule has 4 unspecified atom stereocenters. The molecule has 0 spiro atoms. The Morgan fingerprint density at radius 2 is 1.61 bits per heavy atom. The van der Waals surface area contributed by atoms with Gasteiger partial charge in [0.25, 0.3) is 5.91 Å². The number of nitrogens with one attached hydrogen (secondary N) is 2. The number of rotatable bonds is 10. The van der Waals surface area contributed by atoms with Gasteiger partial charge in [-0.25, -0.2) is 0 Å². The molecule has 0 aliphatic carbocycles. The van der Waals surface area contributed by atoms with Crippen LogP contribution in [0.25, 0.3) is 0 Å². The van der Waals surface area contributed by atoms with E-state index in [4.69, 9.17) is 0 Å². The highest BCUT2D eigenvalue weighted by molar-refractivity contribution is 5.91. The molecule has 6 N–H and O–H groups in total. The molecule has 0 aromatic heterocycles. The zero-order chi connectivity index (χ0) is 18.2. The van der Waals surface area contributed by atoms with E-state index in [2.05, 4.69) is 16.4 Å². The summed E-state index contributed by atoms with van der Waals surface area (Å²) in [5.41, 5.74) is 3.75. The van der Waals surface area contributed by atoms with Crippen molar-refractivity contribution < 1.29 is 30.3 Å². The van der Waals surface area contributed by atoms with Crippen LogP contribution < -0.4 is 21.5 Å². The number of carbonyl (C=O) groups excluding carboxylic acids is 3.